The van der Waals surface area contributed by atoms with Gasteiger partial charge in [-0.1, -0.05) is 39.8 Å². The molecular formula is C40H54Br2N8O2. The van der Waals surface area contributed by atoms with Gasteiger partial charge in [0, 0.05) is 78.4 Å². The summed E-state index contributed by atoms with van der Waals surface area (Å²) in [5, 5.41) is 3.36. The molecule has 0 spiro atoms. The average Bonchev–Trinajstić information content (AvgIpc) is 3.73. The standard InChI is InChI=1S/C21H29BrN4O.C19H25BrN4O/c1-6-26(19-8-7-16(14(2)3)13-18(19)22)21-23-15(4)17-9-10-25(11-12-27-5)20(17)24-21;1-12(2)14-5-6-17(16(20)11-14)22-19-21-13(3)15-7-8-24(9-10-25-4)18(15)23-19/h7-8,13-14H,6,9-12H2,1-5H3;5-6,11-12H,7-10H2,1-4H3,(H,21,22,23). The topological polar surface area (TPSA) is 91.8 Å². The van der Waals surface area contributed by atoms with Crippen LogP contribution in [0, 0.1) is 13.8 Å². The highest BCUT2D eigenvalue weighted by atomic mass is 79.9. The molecule has 4 heterocycles. The summed E-state index contributed by atoms with van der Waals surface area (Å²) in [6.07, 6.45) is 2.00. The number of hydrogen-bond acceptors (Lipinski definition) is 10. The zero-order valence-electron chi connectivity index (χ0n) is 32.2. The van der Waals surface area contributed by atoms with Gasteiger partial charge < -0.3 is 29.5 Å². The second-order valence-electron chi connectivity index (χ2n) is 13.9. The van der Waals surface area contributed by atoms with Crippen molar-refractivity contribution in [1.82, 2.24) is 19.9 Å². The van der Waals surface area contributed by atoms with Crippen LogP contribution >= 0.6 is 31.9 Å². The summed E-state index contributed by atoms with van der Waals surface area (Å²) in [5.74, 6) is 4.48. The van der Waals surface area contributed by atoms with Gasteiger partial charge in [-0.25, -0.2) is 9.97 Å². The van der Waals surface area contributed by atoms with E-state index in [1.807, 2.05) is 0 Å². The molecule has 0 aliphatic carbocycles. The summed E-state index contributed by atoms with van der Waals surface area (Å²) >= 11 is 7.41. The summed E-state index contributed by atoms with van der Waals surface area (Å²) < 4.78 is 12.6. The number of aryl methyl sites for hydroxylation is 2. The normalized spacial score (nSPS) is 13.4. The van der Waals surface area contributed by atoms with Crippen LogP contribution in [-0.2, 0) is 22.3 Å². The smallest absolute Gasteiger partial charge is 0.232 e. The Balaban J connectivity index is 0.000000202. The lowest BCUT2D eigenvalue weighted by molar-refractivity contribution is 0.205. The lowest BCUT2D eigenvalue weighted by Crippen LogP contribution is -2.27. The highest BCUT2D eigenvalue weighted by Crippen LogP contribution is 2.36. The van der Waals surface area contributed by atoms with Gasteiger partial charge in [0.25, 0.3) is 0 Å². The van der Waals surface area contributed by atoms with Gasteiger partial charge in [-0.3, -0.25) is 0 Å². The van der Waals surface area contributed by atoms with Gasteiger partial charge in [0.1, 0.15) is 11.6 Å². The van der Waals surface area contributed by atoms with Crippen molar-refractivity contribution in [2.75, 3.05) is 80.2 Å². The van der Waals surface area contributed by atoms with Crippen LogP contribution in [-0.4, -0.2) is 80.1 Å². The van der Waals surface area contributed by atoms with Crippen LogP contribution in [0.4, 0.5) is 34.9 Å². The SMILES string of the molecule is CCN(c1nc(C)c2c(n1)N(CCOC)CC2)c1ccc(C(C)C)cc1Br.COCCN1CCc2c(C)nc(Nc3ccc(C(C)C)cc3Br)nc21. The Morgan fingerprint density at radius 2 is 1.29 bits per heavy atom. The van der Waals surface area contributed by atoms with Crippen molar-refractivity contribution in [3.63, 3.8) is 0 Å². The predicted octanol–water partition coefficient (Wildman–Crippen LogP) is 9.26. The number of nitrogens with one attached hydrogen (secondary N) is 1. The molecule has 0 radical (unpaired) electrons. The second-order valence-corrected chi connectivity index (χ2v) is 15.6. The number of ether oxygens (including phenoxy) is 2. The molecule has 2 aliphatic rings. The van der Waals surface area contributed by atoms with Gasteiger partial charge >= 0.3 is 0 Å². The molecule has 0 saturated carbocycles. The molecule has 1 N–H and O–H groups in total. The number of anilines is 6. The molecule has 12 heteroatoms. The molecule has 52 heavy (non-hydrogen) atoms. The van der Waals surface area contributed by atoms with E-state index in [4.69, 9.17) is 24.4 Å². The minimum atomic E-state index is 0.498. The summed E-state index contributed by atoms with van der Waals surface area (Å²) in [6.45, 7) is 21.0. The number of halogens is 2. The van der Waals surface area contributed by atoms with Crippen LogP contribution in [0.3, 0.4) is 0 Å². The Kier molecular flexibility index (Phi) is 13.9. The van der Waals surface area contributed by atoms with E-state index < -0.39 is 0 Å². The first-order valence-electron chi connectivity index (χ1n) is 18.3. The largest absolute Gasteiger partial charge is 0.383 e. The van der Waals surface area contributed by atoms with E-state index in [1.165, 1.54) is 22.3 Å². The highest BCUT2D eigenvalue weighted by Gasteiger charge is 2.27. The fraction of sp³-hybridized carbons (Fsp3) is 0.500. The fourth-order valence-electron chi connectivity index (χ4n) is 6.61. The molecule has 0 saturated heterocycles. The van der Waals surface area contributed by atoms with Gasteiger partial charge in [-0.15, -0.1) is 0 Å². The lowest BCUT2D eigenvalue weighted by atomic mass is 10.0. The molecule has 10 nitrogen and oxygen atoms in total. The molecule has 2 aliphatic heterocycles. The molecule has 2 aromatic carbocycles. The molecule has 0 fully saturated rings. The van der Waals surface area contributed by atoms with E-state index in [0.717, 1.165) is 94.9 Å². The van der Waals surface area contributed by atoms with Crippen molar-refractivity contribution in [3.8, 4) is 0 Å². The van der Waals surface area contributed by atoms with Crippen molar-refractivity contribution < 1.29 is 9.47 Å². The van der Waals surface area contributed by atoms with Gasteiger partial charge in [-0.05, 0) is 113 Å². The second kappa shape index (κ2) is 18.1. The van der Waals surface area contributed by atoms with E-state index in [0.29, 0.717) is 31.0 Å². The minimum Gasteiger partial charge on any atom is -0.383 e. The van der Waals surface area contributed by atoms with Crippen LogP contribution in [0.2, 0.25) is 0 Å². The van der Waals surface area contributed by atoms with E-state index in [-0.39, 0.29) is 0 Å². The molecule has 0 unspecified atom stereocenters. The van der Waals surface area contributed by atoms with Gasteiger partial charge in [0.05, 0.1) is 24.6 Å². The van der Waals surface area contributed by atoms with Crippen molar-refractivity contribution in [3.05, 3.63) is 79.0 Å². The minimum absolute atomic E-state index is 0.498. The number of nitrogens with zero attached hydrogens (tertiary/aromatic N) is 7. The van der Waals surface area contributed by atoms with Crippen LogP contribution in [0.25, 0.3) is 0 Å². The van der Waals surface area contributed by atoms with E-state index in [2.05, 4.69) is 142 Å². The van der Waals surface area contributed by atoms with Crippen molar-refractivity contribution in [2.45, 2.75) is 73.1 Å². The Bertz CT molecular complexity index is 1840. The monoisotopic (exact) mass is 836 g/mol. The predicted molar refractivity (Wildman–Crippen MR) is 222 cm³/mol. The molecule has 2 aromatic heterocycles. The molecular weight excluding hydrogens is 784 g/mol. The van der Waals surface area contributed by atoms with Crippen LogP contribution in [0.15, 0.2) is 45.3 Å². The number of rotatable bonds is 13. The third kappa shape index (κ3) is 9.24. The van der Waals surface area contributed by atoms with Gasteiger partial charge in [0.2, 0.25) is 11.9 Å². The van der Waals surface area contributed by atoms with E-state index in [1.54, 1.807) is 14.2 Å². The van der Waals surface area contributed by atoms with E-state index in [9.17, 15) is 0 Å². The summed E-state index contributed by atoms with van der Waals surface area (Å²) in [5.41, 5.74) is 9.32. The van der Waals surface area contributed by atoms with Crippen molar-refractivity contribution in [1.29, 1.82) is 0 Å². The summed E-state index contributed by atoms with van der Waals surface area (Å²) in [7, 11) is 3.47. The Morgan fingerprint density at radius 3 is 1.81 bits per heavy atom. The molecule has 0 atom stereocenters. The third-order valence-electron chi connectivity index (χ3n) is 9.76. The molecule has 0 amide bonds. The highest BCUT2D eigenvalue weighted by molar-refractivity contribution is 9.11. The third-order valence-corrected chi connectivity index (χ3v) is 11.0. The maximum absolute atomic E-state index is 5.26. The van der Waals surface area contributed by atoms with Gasteiger partial charge in [-0.2, -0.15) is 9.97 Å². The number of hydrogen-bond donors (Lipinski definition) is 1. The number of aromatic nitrogens is 4. The summed E-state index contributed by atoms with van der Waals surface area (Å²) in [6, 6.07) is 12.9. The first kappa shape index (κ1) is 39.9. The molecule has 0 bridgehead atoms. The maximum atomic E-state index is 5.26. The molecule has 6 rings (SSSR count). The maximum Gasteiger partial charge on any atom is 0.232 e. The first-order chi connectivity index (χ1) is 24.9. The van der Waals surface area contributed by atoms with Crippen molar-refractivity contribution in [2.24, 2.45) is 0 Å². The lowest BCUT2D eigenvalue weighted by Gasteiger charge is -2.25. The molecule has 280 valence electrons. The van der Waals surface area contributed by atoms with Crippen molar-refractivity contribution >= 4 is 66.8 Å². The number of benzene rings is 2. The van der Waals surface area contributed by atoms with Crippen LogP contribution in [0.1, 0.15) is 80.1 Å². The fourth-order valence-corrected chi connectivity index (χ4v) is 7.72. The van der Waals surface area contributed by atoms with Crippen LogP contribution < -0.4 is 20.0 Å². The zero-order valence-corrected chi connectivity index (χ0v) is 35.4. The summed E-state index contributed by atoms with van der Waals surface area (Å²) in [4.78, 5) is 26.0. The molecule has 4 aromatic rings. The Hall–Kier alpha value is -3.32. The quantitative estimate of drug-likeness (QED) is 0.141. The first-order valence-corrected chi connectivity index (χ1v) is 19.9. The number of methoxy groups -OCH3 is 2. The van der Waals surface area contributed by atoms with E-state index >= 15 is 0 Å². The Morgan fingerprint density at radius 1 is 0.750 bits per heavy atom. The van der Waals surface area contributed by atoms with Crippen LogP contribution in [0.5, 0.6) is 0 Å². The van der Waals surface area contributed by atoms with Gasteiger partial charge in [0.15, 0.2) is 0 Å². The number of fused-ring (bicyclic) bond motifs is 2. The average molecular weight is 839 g/mol. The zero-order chi connectivity index (χ0) is 37.5. The Labute approximate surface area is 327 Å².